The maximum atomic E-state index is 12.5. The van der Waals surface area contributed by atoms with E-state index in [1.165, 1.54) is 0 Å². The largest absolute Gasteiger partial charge is 0.346 e. The second-order valence-electron chi connectivity index (χ2n) is 6.10. The molecule has 1 aromatic carbocycles. The molecule has 4 rings (SSSR count). The van der Waals surface area contributed by atoms with Crippen molar-refractivity contribution in [1.82, 2.24) is 15.5 Å². The molecule has 0 aliphatic heterocycles. The summed E-state index contributed by atoms with van der Waals surface area (Å²) in [6, 6.07) is 7.96. The van der Waals surface area contributed by atoms with Crippen LogP contribution in [-0.4, -0.2) is 16.0 Å². The predicted molar refractivity (Wildman–Crippen MR) is 83.2 cm³/mol. The number of nitrogens with one attached hydrogen (secondary N) is 1. The summed E-state index contributed by atoms with van der Waals surface area (Å²) in [7, 11) is 0. The standard InChI is InChI=1S/C16H16BrN3O2/c17-12-3-1-2-11(8-12)16(6-7-16)15(21)18-9-13-19-14(20-22-13)10-4-5-10/h1-3,8,10H,4-7,9H2,(H,18,21). The Hall–Kier alpha value is -1.69. The lowest BCUT2D eigenvalue weighted by Gasteiger charge is -2.15. The zero-order valence-corrected chi connectivity index (χ0v) is 13.6. The Kier molecular flexibility index (Phi) is 3.29. The van der Waals surface area contributed by atoms with Gasteiger partial charge in [-0.1, -0.05) is 33.2 Å². The van der Waals surface area contributed by atoms with Crippen LogP contribution < -0.4 is 5.32 Å². The lowest BCUT2D eigenvalue weighted by atomic mass is 9.95. The van der Waals surface area contributed by atoms with Crippen LogP contribution in [0.4, 0.5) is 0 Å². The molecule has 22 heavy (non-hydrogen) atoms. The van der Waals surface area contributed by atoms with Gasteiger partial charge in [0.25, 0.3) is 0 Å². The number of benzene rings is 1. The van der Waals surface area contributed by atoms with E-state index in [0.29, 0.717) is 18.4 Å². The van der Waals surface area contributed by atoms with Gasteiger partial charge >= 0.3 is 0 Å². The molecule has 0 spiro atoms. The molecule has 1 N–H and O–H groups in total. The van der Waals surface area contributed by atoms with Crippen LogP contribution in [-0.2, 0) is 16.8 Å². The maximum Gasteiger partial charge on any atom is 0.246 e. The monoisotopic (exact) mass is 361 g/mol. The van der Waals surface area contributed by atoms with Crippen molar-refractivity contribution in [3.63, 3.8) is 0 Å². The zero-order valence-electron chi connectivity index (χ0n) is 12.0. The fourth-order valence-electron chi connectivity index (χ4n) is 2.73. The van der Waals surface area contributed by atoms with E-state index >= 15 is 0 Å². The number of aromatic nitrogens is 2. The minimum absolute atomic E-state index is 0.0387. The van der Waals surface area contributed by atoms with E-state index in [9.17, 15) is 4.79 Å². The molecule has 2 aliphatic carbocycles. The van der Waals surface area contributed by atoms with E-state index < -0.39 is 0 Å². The van der Waals surface area contributed by atoms with Gasteiger partial charge in [-0.3, -0.25) is 4.79 Å². The predicted octanol–water partition coefficient (Wildman–Crippen LogP) is 3.06. The SMILES string of the molecule is O=C(NCc1nc(C2CC2)no1)C1(c2cccc(Br)c2)CC1. The number of halogens is 1. The maximum absolute atomic E-state index is 12.5. The van der Waals surface area contributed by atoms with Gasteiger partial charge in [-0.05, 0) is 43.4 Å². The first kappa shape index (κ1) is 13.9. The van der Waals surface area contributed by atoms with E-state index in [4.69, 9.17) is 4.52 Å². The Labute approximate surface area is 136 Å². The number of hydrogen-bond donors (Lipinski definition) is 1. The summed E-state index contributed by atoms with van der Waals surface area (Å²) in [4.78, 5) is 16.9. The molecule has 6 heteroatoms. The van der Waals surface area contributed by atoms with Crippen molar-refractivity contribution in [1.29, 1.82) is 0 Å². The quantitative estimate of drug-likeness (QED) is 0.888. The Bertz CT molecular complexity index is 720. The first-order valence-corrected chi connectivity index (χ1v) is 8.33. The summed E-state index contributed by atoms with van der Waals surface area (Å²) in [6.45, 7) is 0.300. The minimum atomic E-state index is -0.386. The molecular weight excluding hydrogens is 346 g/mol. The van der Waals surface area contributed by atoms with Crippen LogP contribution in [0.5, 0.6) is 0 Å². The second-order valence-corrected chi connectivity index (χ2v) is 7.01. The summed E-state index contributed by atoms with van der Waals surface area (Å²) in [5.74, 6) is 1.76. The van der Waals surface area contributed by atoms with Crippen LogP contribution in [0.15, 0.2) is 33.3 Å². The van der Waals surface area contributed by atoms with Crippen molar-refractivity contribution in [2.24, 2.45) is 0 Å². The third kappa shape index (κ3) is 2.56. The van der Waals surface area contributed by atoms with Crippen LogP contribution in [0.3, 0.4) is 0 Å². The van der Waals surface area contributed by atoms with Crippen LogP contribution in [0, 0.1) is 0 Å². The smallest absolute Gasteiger partial charge is 0.246 e. The van der Waals surface area contributed by atoms with E-state index in [0.717, 1.165) is 41.5 Å². The van der Waals surface area contributed by atoms with Crippen LogP contribution in [0.1, 0.15) is 48.9 Å². The molecule has 2 fully saturated rings. The summed E-state index contributed by atoms with van der Waals surface area (Å²) in [5.41, 5.74) is 0.673. The molecule has 0 bridgehead atoms. The molecule has 5 nitrogen and oxygen atoms in total. The van der Waals surface area contributed by atoms with Gasteiger partial charge in [0.2, 0.25) is 11.8 Å². The highest BCUT2D eigenvalue weighted by Crippen LogP contribution is 2.48. The topological polar surface area (TPSA) is 68.0 Å². The van der Waals surface area contributed by atoms with Crippen molar-refractivity contribution in [3.8, 4) is 0 Å². The average molecular weight is 362 g/mol. The van der Waals surface area contributed by atoms with E-state index in [2.05, 4.69) is 31.4 Å². The average Bonchev–Trinajstić information content (AvgIpc) is 3.43. The fraction of sp³-hybridized carbons (Fsp3) is 0.438. The van der Waals surface area contributed by atoms with Gasteiger partial charge in [-0.25, -0.2) is 0 Å². The van der Waals surface area contributed by atoms with E-state index in [1.54, 1.807) is 0 Å². The number of nitrogens with zero attached hydrogens (tertiary/aromatic N) is 2. The first-order valence-electron chi connectivity index (χ1n) is 7.54. The minimum Gasteiger partial charge on any atom is -0.346 e. The van der Waals surface area contributed by atoms with Crippen LogP contribution >= 0.6 is 15.9 Å². The summed E-state index contributed by atoms with van der Waals surface area (Å²) in [6.07, 6.45) is 4.04. The zero-order chi connectivity index (χ0) is 15.2. The summed E-state index contributed by atoms with van der Waals surface area (Å²) < 4.78 is 6.19. The van der Waals surface area contributed by atoms with Gasteiger partial charge in [0, 0.05) is 10.4 Å². The highest BCUT2D eigenvalue weighted by molar-refractivity contribution is 9.10. The molecular formula is C16H16BrN3O2. The van der Waals surface area contributed by atoms with Gasteiger partial charge in [0.1, 0.15) is 0 Å². The van der Waals surface area contributed by atoms with Crippen molar-refractivity contribution < 1.29 is 9.32 Å². The van der Waals surface area contributed by atoms with Crippen LogP contribution in [0.25, 0.3) is 0 Å². The molecule has 2 aromatic rings. The van der Waals surface area contributed by atoms with Gasteiger partial charge in [0.05, 0.1) is 12.0 Å². The molecule has 0 unspecified atom stereocenters. The molecule has 0 saturated heterocycles. The lowest BCUT2D eigenvalue weighted by molar-refractivity contribution is -0.123. The normalized spacial score (nSPS) is 19.0. The molecule has 114 valence electrons. The molecule has 1 aromatic heterocycles. The Morgan fingerprint density at radius 3 is 2.91 bits per heavy atom. The highest BCUT2D eigenvalue weighted by Gasteiger charge is 2.51. The molecule has 0 radical (unpaired) electrons. The van der Waals surface area contributed by atoms with Crippen molar-refractivity contribution in [2.45, 2.75) is 43.6 Å². The molecule has 1 heterocycles. The Morgan fingerprint density at radius 2 is 2.23 bits per heavy atom. The van der Waals surface area contributed by atoms with Gasteiger partial charge in [0.15, 0.2) is 5.82 Å². The van der Waals surface area contributed by atoms with Crippen LogP contribution in [0.2, 0.25) is 0 Å². The fourth-order valence-corrected chi connectivity index (χ4v) is 3.13. The van der Waals surface area contributed by atoms with Crippen molar-refractivity contribution in [2.75, 3.05) is 0 Å². The van der Waals surface area contributed by atoms with Crippen molar-refractivity contribution >= 4 is 21.8 Å². The van der Waals surface area contributed by atoms with E-state index in [-0.39, 0.29) is 11.3 Å². The van der Waals surface area contributed by atoms with Gasteiger partial charge < -0.3 is 9.84 Å². The summed E-state index contributed by atoms with van der Waals surface area (Å²) in [5, 5.41) is 6.90. The first-order chi connectivity index (χ1) is 10.7. The third-order valence-corrected chi connectivity index (χ3v) is 4.88. The Balaban J connectivity index is 1.43. The third-order valence-electron chi connectivity index (χ3n) is 4.39. The molecule has 2 saturated carbocycles. The number of rotatable bonds is 5. The number of amides is 1. The second kappa shape index (κ2) is 5.19. The lowest BCUT2D eigenvalue weighted by Crippen LogP contribution is -2.34. The van der Waals surface area contributed by atoms with Gasteiger partial charge in [-0.15, -0.1) is 0 Å². The summed E-state index contributed by atoms with van der Waals surface area (Å²) >= 11 is 3.46. The van der Waals surface area contributed by atoms with E-state index in [1.807, 2.05) is 24.3 Å². The molecule has 0 atom stereocenters. The van der Waals surface area contributed by atoms with Gasteiger partial charge in [-0.2, -0.15) is 4.98 Å². The number of hydrogen-bond acceptors (Lipinski definition) is 4. The van der Waals surface area contributed by atoms with Crippen molar-refractivity contribution in [3.05, 3.63) is 46.0 Å². The number of carbonyl (C=O) groups excluding carboxylic acids is 1. The number of carbonyl (C=O) groups is 1. The molecule has 1 amide bonds. The Morgan fingerprint density at radius 1 is 1.41 bits per heavy atom. The highest BCUT2D eigenvalue weighted by atomic mass is 79.9. The molecule has 2 aliphatic rings.